The van der Waals surface area contributed by atoms with E-state index in [9.17, 15) is 9.59 Å². The first-order chi connectivity index (χ1) is 7.06. The van der Waals surface area contributed by atoms with E-state index in [0.29, 0.717) is 19.6 Å². The molecule has 86 valence electrons. The van der Waals surface area contributed by atoms with Crippen molar-refractivity contribution in [2.45, 2.75) is 6.92 Å². The lowest BCUT2D eigenvalue weighted by Gasteiger charge is -2.33. The molecule has 1 aliphatic heterocycles. The van der Waals surface area contributed by atoms with Gasteiger partial charge in [-0.15, -0.1) is 0 Å². The Labute approximate surface area is 90.4 Å². The monoisotopic (exact) mass is 213 g/mol. The van der Waals surface area contributed by atoms with Gasteiger partial charge < -0.3 is 15.1 Å². The molecule has 1 fully saturated rings. The average molecular weight is 213 g/mol. The number of nitrogens with zero attached hydrogens (tertiary/aromatic N) is 2. The van der Waals surface area contributed by atoms with Gasteiger partial charge in [-0.1, -0.05) is 6.92 Å². The molecule has 1 heterocycles. The molecule has 0 aromatic carbocycles. The molecule has 1 rings (SSSR count). The van der Waals surface area contributed by atoms with Crippen molar-refractivity contribution >= 4 is 11.8 Å². The van der Waals surface area contributed by atoms with Crippen LogP contribution in [-0.4, -0.2) is 61.9 Å². The van der Waals surface area contributed by atoms with Crippen LogP contribution < -0.4 is 5.32 Å². The van der Waals surface area contributed by atoms with Gasteiger partial charge in [0.25, 0.3) is 0 Å². The fraction of sp³-hybridized carbons (Fsp3) is 0.800. The minimum absolute atomic E-state index is 0.0197. The third-order valence-electron chi connectivity index (χ3n) is 2.70. The molecule has 1 N–H and O–H groups in total. The van der Waals surface area contributed by atoms with Gasteiger partial charge >= 0.3 is 0 Å². The van der Waals surface area contributed by atoms with Crippen LogP contribution in [0.2, 0.25) is 0 Å². The zero-order valence-corrected chi connectivity index (χ0v) is 9.62. The van der Waals surface area contributed by atoms with E-state index < -0.39 is 0 Å². The minimum Gasteiger partial charge on any atom is -0.342 e. The Morgan fingerprint density at radius 3 is 2.73 bits per heavy atom. The van der Waals surface area contributed by atoms with Crippen molar-refractivity contribution in [1.29, 1.82) is 0 Å². The zero-order valence-electron chi connectivity index (χ0n) is 9.62. The number of carbonyl (C=O) groups excluding carboxylic acids is 2. The Morgan fingerprint density at radius 2 is 2.20 bits per heavy atom. The summed E-state index contributed by atoms with van der Waals surface area (Å²) >= 11 is 0. The second-order valence-corrected chi connectivity index (χ2v) is 4.03. The Balaban J connectivity index is 2.50. The topological polar surface area (TPSA) is 52.7 Å². The summed E-state index contributed by atoms with van der Waals surface area (Å²) in [5, 5.41) is 2.96. The average Bonchev–Trinajstić information content (AvgIpc) is 2.21. The molecule has 0 aromatic heterocycles. The van der Waals surface area contributed by atoms with Crippen LogP contribution in [0.25, 0.3) is 0 Å². The van der Waals surface area contributed by atoms with Crippen LogP contribution in [0.3, 0.4) is 0 Å². The number of nitrogens with one attached hydrogen (secondary N) is 1. The first kappa shape index (κ1) is 12.0. The lowest BCUT2D eigenvalue weighted by atomic mass is 10.1. The van der Waals surface area contributed by atoms with E-state index in [2.05, 4.69) is 5.32 Å². The van der Waals surface area contributed by atoms with Crippen molar-refractivity contribution in [2.24, 2.45) is 5.92 Å². The van der Waals surface area contributed by atoms with Crippen molar-refractivity contribution < 1.29 is 9.59 Å². The van der Waals surface area contributed by atoms with Crippen LogP contribution in [-0.2, 0) is 9.59 Å². The molecule has 1 aliphatic rings. The van der Waals surface area contributed by atoms with Crippen LogP contribution in [0.15, 0.2) is 0 Å². The van der Waals surface area contributed by atoms with Gasteiger partial charge in [0.1, 0.15) is 0 Å². The third-order valence-corrected chi connectivity index (χ3v) is 2.70. The van der Waals surface area contributed by atoms with Crippen molar-refractivity contribution in [3.63, 3.8) is 0 Å². The van der Waals surface area contributed by atoms with E-state index in [1.807, 2.05) is 14.0 Å². The number of rotatable bonds is 3. The third kappa shape index (κ3) is 2.92. The second-order valence-electron chi connectivity index (χ2n) is 4.03. The summed E-state index contributed by atoms with van der Waals surface area (Å²) in [6.45, 7) is 4.04. The van der Waals surface area contributed by atoms with Crippen molar-refractivity contribution in [2.75, 3.05) is 40.3 Å². The smallest absolute Gasteiger partial charge is 0.241 e. The van der Waals surface area contributed by atoms with Gasteiger partial charge in [-0.3, -0.25) is 9.59 Å². The lowest BCUT2D eigenvalue weighted by molar-refractivity contribution is -0.146. The van der Waals surface area contributed by atoms with Gasteiger partial charge in [0.2, 0.25) is 11.8 Å². The Morgan fingerprint density at radius 1 is 1.53 bits per heavy atom. The summed E-state index contributed by atoms with van der Waals surface area (Å²) in [4.78, 5) is 26.6. The molecule has 1 atom stereocenters. The molecule has 5 nitrogen and oxygen atoms in total. The Hall–Kier alpha value is -1.10. The number of piperazine rings is 1. The molecule has 5 heteroatoms. The van der Waals surface area contributed by atoms with Gasteiger partial charge in [-0.25, -0.2) is 0 Å². The van der Waals surface area contributed by atoms with Crippen LogP contribution in [0.4, 0.5) is 0 Å². The Bertz CT molecular complexity index is 255. The maximum atomic E-state index is 11.9. The number of amides is 2. The molecule has 0 aromatic rings. The predicted octanol–water partition coefficient (Wildman–Crippen LogP) is -0.857. The molecular weight excluding hydrogens is 194 g/mol. The van der Waals surface area contributed by atoms with E-state index in [1.54, 1.807) is 16.8 Å². The molecular formula is C10H19N3O2. The molecule has 1 saturated heterocycles. The SMILES string of the molecule is CNCC(C)C(=O)N1CCN(C)C(=O)C1. The summed E-state index contributed by atoms with van der Waals surface area (Å²) in [6.07, 6.45) is 0. The van der Waals surface area contributed by atoms with Crippen LogP contribution >= 0.6 is 0 Å². The van der Waals surface area contributed by atoms with E-state index >= 15 is 0 Å². The molecule has 2 amide bonds. The molecule has 1 unspecified atom stereocenters. The van der Waals surface area contributed by atoms with Crippen molar-refractivity contribution in [3.05, 3.63) is 0 Å². The first-order valence-electron chi connectivity index (χ1n) is 5.23. The molecule has 0 aliphatic carbocycles. The van der Waals surface area contributed by atoms with E-state index in [-0.39, 0.29) is 24.3 Å². The maximum Gasteiger partial charge on any atom is 0.241 e. The van der Waals surface area contributed by atoms with Crippen LogP contribution in [0.1, 0.15) is 6.92 Å². The zero-order chi connectivity index (χ0) is 11.4. The van der Waals surface area contributed by atoms with Gasteiger partial charge in [0.05, 0.1) is 6.54 Å². The second kappa shape index (κ2) is 5.11. The fourth-order valence-corrected chi connectivity index (χ4v) is 1.65. The van der Waals surface area contributed by atoms with Crippen LogP contribution in [0.5, 0.6) is 0 Å². The normalized spacial score (nSPS) is 19.3. The maximum absolute atomic E-state index is 11.9. The summed E-state index contributed by atoms with van der Waals surface area (Å²) < 4.78 is 0. The van der Waals surface area contributed by atoms with Gasteiger partial charge in [-0.05, 0) is 7.05 Å². The highest BCUT2D eigenvalue weighted by Gasteiger charge is 2.27. The highest BCUT2D eigenvalue weighted by Crippen LogP contribution is 2.06. The summed E-state index contributed by atoms with van der Waals surface area (Å²) in [5.41, 5.74) is 0. The molecule has 15 heavy (non-hydrogen) atoms. The minimum atomic E-state index is -0.0637. The highest BCUT2D eigenvalue weighted by molar-refractivity contribution is 5.86. The van der Waals surface area contributed by atoms with E-state index in [4.69, 9.17) is 0 Å². The molecule has 0 saturated carbocycles. The lowest BCUT2D eigenvalue weighted by Crippen LogP contribution is -2.52. The summed E-state index contributed by atoms with van der Waals surface area (Å²) in [6, 6.07) is 0. The standard InChI is InChI=1S/C10H19N3O2/c1-8(6-11-2)10(15)13-5-4-12(3)9(14)7-13/h8,11H,4-7H2,1-3H3. The predicted molar refractivity (Wildman–Crippen MR) is 57.3 cm³/mol. The van der Waals surface area contributed by atoms with Crippen molar-refractivity contribution in [1.82, 2.24) is 15.1 Å². The van der Waals surface area contributed by atoms with Crippen molar-refractivity contribution in [3.8, 4) is 0 Å². The number of hydrogen-bond acceptors (Lipinski definition) is 3. The largest absolute Gasteiger partial charge is 0.342 e. The fourth-order valence-electron chi connectivity index (χ4n) is 1.65. The summed E-state index contributed by atoms with van der Waals surface area (Å²) in [5.74, 6) is 0.0169. The van der Waals surface area contributed by atoms with Gasteiger partial charge in [0.15, 0.2) is 0 Å². The molecule has 0 radical (unpaired) electrons. The molecule has 0 spiro atoms. The number of carbonyl (C=O) groups is 2. The first-order valence-corrected chi connectivity index (χ1v) is 5.23. The van der Waals surface area contributed by atoms with Gasteiger partial charge in [0, 0.05) is 32.6 Å². The van der Waals surface area contributed by atoms with Gasteiger partial charge in [-0.2, -0.15) is 0 Å². The Kier molecular flexibility index (Phi) is 4.08. The summed E-state index contributed by atoms with van der Waals surface area (Å²) in [7, 11) is 3.58. The number of likely N-dealkylation sites (N-methyl/N-ethyl adjacent to an activating group) is 1. The van der Waals surface area contributed by atoms with E-state index in [0.717, 1.165) is 0 Å². The number of hydrogen-bond donors (Lipinski definition) is 1. The quantitative estimate of drug-likeness (QED) is 0.664. The van der Waals surface area contributed by atoms with Crippen LogP contribution in [0, 0.1) is 5.92 Å². The molecule has 0 bridgehead atoms. The highest BCUT2D eigenvalue weighted by atomic mass is 16.2. The van der Waals surface area contributed by atoms with E-state index in [1.165, 1.54) is 0 Å².